The largest absolute Gasteiger partial charge is 0.444 e. The minimum absolute atomic E-state index is 0.0000676. The lowest BCUT2D eigenvalue weighted by Gasteiger charge is -2.32. The Bertz CT molecular complexity index is 429. The van der Waals surface area contributed by atoms with Gasteiger partial charge < -0.3 is 15.0 Å². The number of alkyl carbamates (subject to hydrolysis) is 1. The molecule has 0 spiro atoms. The zero-order valence-electron chi connectivity index (χ0n) is 13.0. The molecule has 0 aromatic carbocycles. The Kier molecular flexibility index (Phi) is 4.54. The molecule has 0 bridgehead atoms. The zero-order valence-corrected chi connectivity index (χ0v) is 13.0. The molecular formula is C15H24N2O4. The van der Waals surface area contributed by atoms with Crippen LogP contribution in [0.4, 0.5) is 4.79 Å². The van der Waals surface area contributed by atoms with E-state index in [-0.39, 0.29) is 23.7 Å². The molecule has 1 saturated carbocycles. The van der Waals surface area contributed by atoms with Crippen LogP contribution in [0.2, 0.25) is 0 Å². The maximum atomic E-state index is 12.0. The van der Waals surface area contributed by atoms with Crippen LogP contribution in [-0.2, 0) is 14.3 Å². The standard InChI is InChI=1S/C15H24N2O4/c1-15(2,3)21-14(20)16-11-6-8-17(9-7-11)13(19)12(18)10-4-5-10/h10-11H,4-9H2,1-3H3,(H,16,20). The van der Waals surface area contributed by atoms with Gasteiger partial charge in [-0.25, -0.2) is 4.79 Å². The number of likely N-dealkylation sites (tertiary alicyclic amines) is 1. The molecule has 2 rings (SSSR count). The van der Waals surface area contributed by atoms with E-state index < -0.39 is 11.7 Å². The third kappa shape index (κ3) is 4.72. The average molecular weight is 296 g/mol. The Labute approximate surface area is 125 Å². The first-order valence-electron chi connectivity index (χ1n) is 7.59. The number of hydrogen-bond donors (Lipinski definition) is 1. The Hall–Kier alpha value is -1.59. The predicted molar refractivity (Wildman–Crippen MR) is 76.7 cm³/mol. The lowest BCUT2D eigenvalue weighted by atomic mass is 10.0. The molecule has 0 atom stereocenters. The fourth-order valence-corrected chi connectivity index (χ4v) is 2.38. The van der Waals surface area contributed by atoms with Crippen molar-refractivity contribution in [2.45, 2.75) is 58.1 Å². The highest BCUT2D eigenvalue weighted by atomic mass is 16.6. The van der Waals surface area contributed by atoms with E-state index in [1.165, 1.54) is 0 Å². The van der Waals surface area contributed by atoms with Gasteiger partial charge in [-0.2, -0.15) is 0 Å². The van der Waals surface area contributed by atoms with Gasteiger partial charge in [0, 0.05) is 25.0 Å². The van der Waals surface area contributed by atoms with Crippen LogP contribution in [0.3, 0.4) is 0 Å². The van der Waals surface area contributed by atoms with Gasteiger partial charge in [-0.1, -0.05) is 0 Å². The summed E-state index contributed by atoms with van der Waals surface area (Å²) in [7, 11) is 0. The summed E-state index contributed by atoms with van der Waals surface area (Å²) in [6.07, 6.45) is 2.58. The highest BCUT2D eigenvalue weighted by Crippen LogP contribution is 2.30. The molecule has 2 fully saturated rings. The van der Waals surface area contributed by atoms with Crippen LogP contribution in [0.5, 0.6) is 0 Å². The topological polar surface area (TPSA) is 75.7 Å². The summed E-state index contributed by atoms with van der Waals surface area (Å²) < 4.78 is 5.21. The van der Waals surface area contributed by atoms with Gasteiger partial charge >= 0.3 is 6.09 Å². The summed E-state index contributed by atoms with van der Waals surface area (Å²) in [6, 6.07) is -0.0000676. The van der Waals surface area contributed by atoms with Gasteiger partial charge in [0.2, 0.25) is 5.78 Å². The molecular weight excluding hydrogens is 272 g/mol. The molecule has 118 valence electrons. The maximum Gasteiger partial charge on any atom is 0.407 e. The summed E-state index contributed by atoms with van der Waals surface area (Å²) in [5.41, 5.74) is -0.516. The first-order valence-corrected chi connectivity index (χ1v) is 7.59. The van der Waals surface area contributed by atoms with Crippen molar-refractivity contribution >= 4 is 17.8 Å². The van der Waals surface area contributed by atoms with Crippen LogP contribution in [0.1, 0.15) is 46.5 Å². The van der Waals surface area contributed by atoms with Crippen LogP contribution >= 0.6 is 0 Å². The van der Waals surface area contributed by atoms with Crippen molar-refractivity contribution in [2.24, 2.45) is 5.92 Å². The molecule has 0 aromatic rings. The average Bonchev–Trinajstić information content (AvgIpc) is 3.20. The van der Waals surface area contributed by atoms with Gasteiger partial charge in [-0.15, -0.1) is 0 Å². The van der Waals surface area contributed by atoms with Gasteiger partial charge in [0.1, 0.15) is 5.60 Å². The zero-order chi connectivity index (χ0) is 15.6. The molecule has 1 aliphatic carbocycles. The van der Waals surface area contributed by atoms with E-state index >= 15 is 0 Å². The van der Waals surface area contributed by atoms with Crippen molar-refractivity contribution in [3.63, 3.8) is 0 Å². The van der Waals surface area contributed by atoms with Crippen molar-refractivity contribution in [1.82, 2.24) is 10.2 Å². The number of carbonyl (C=O) groups excluding carboxylic acids is 3. The monoisotopic (exact) mass is 296 g/mol. The Morgan fingerprint density at radius 1 is 1.05 bits per heavy atom. The van der Waals surface area contributed by atoms with Crippen molar-refractivity contribution in [1.29, 1.82) is 0 Å². The van der Waals surface area contributed by atoms with E-state index in [1.54, 1.807) is 4.90 Å². The molecule has 0 aromatic heterocycles. The summed E-state index contributed by atoms with van der Waals surface area (Å²) in [5.74, 6) is -0.628. The predicted octanol–water partition coefficient (Wildman–Crippen LogP) is 1.48. The molecule has 6 heteroatoms. The normalized spacial score (nSPS) is 20.0. The van der Waals surface area contributed by atoms with Crippen LogP contribution < -0.4 is 5.32 Å². The second-order valence-electron chi connectivity index (χ2n) is 6.85. The van der Waals surface area contributed by atoms with E-state index in [4.69, 9.17) is 4.74 Å². The van der Waals surface area contributed by atoms with Gasteiger partial charge in [-0.05, 0) is 46.5 Å². The number of carbonyl (C=O) groups is 3. The van der Waals surface area contributed by atoms with Gasteiger partial charge in [0.25, 0.3) is 5.91 Å². The summed E-state index contributed by atoms with van der Waals surface area (Å²) in [4.78, 5) is 37.0. The summed E-state index contributed by atoms with van der Waals surface area (Å²) in [6.45, 7) is 6.47. The summed E-state index contributed by atoms with van der Waals surface area (Å²) >= 11 is 0. The highest BCUT2D eigenvalue weighted by molar-refractivity contribution is 6.37. The third-order valence-electron chi connectivity index (χ3n) is 3.66. The molecule has 1 aliphatic heterocycles. The molecule has 6 nitrogen and oxygen atoms in total. The SMILES string of the molecule is CC(C)(C)OC(=O)NC1CCN(C(=O)C(=O)C2CC2)CC1. The quantitative estimate of drug-likeness (QED) is 0.800. The summed E-state index contributed by atoms with van der Waals surface area (Å²) in [5, 5.41) is 2.82. The third-order valence-corrected chi connectivity index (χ3v) is 3.66. The minimum Gasteiger partial charge on any atom is -0.444 e. The Balaban J connectivity index is 1.74. The fraction of sp³-hybridized carbons (Fsp3) is 0.800. The van der Waals surface area contributed by atoms with E-state index in [2.05, 4.69) is 5.32 Å². The van der Waals surface area contributed by atoms with E-state index in [9.17, 15) is 14.4 Å². The first-order chi connectivity index (χ1) is 9.76. The second-order valence-corrected chi connectivity index (χ2v) is 6.85. The van der Waals surface area contributed by atoms with E-state index in [0.717, 1.165) is 12.8 Å². The number of hydrogen-bond acceptors (Lipinski definition) is 4. The van der Waals surface area contributed by atoms with Crippen molar-refractivity contribution in [2.75, 3.05) is 13.1 Å². The molecule has 1 saturated heterocycles. The molecule has 0 unspecified atom stereocenters. The van der Waals surface area contributed by atoms with Crippen molar-refractivity contribution < 1.29 is 19.1 Å². The number of rotatable bonds is 3. The molecule has 2 amide bonds. The number of amides is 2. The Morgan fingerprint density at radius 2 is 1.62 bits per heavy atom. The van der Waals surface area contributed by atoms with Crippen molar-refractivity contribution in [3.8, 4) is 0 Å². The van der Waals surface area contributed by atoms with E-state index in [0.29, 0.717) is 25.9 Å². The Morgan fingerprint density at radius 3 is 2.10 bits per heavy atom. The minimum atomic E-state index is -0.516. The van der Waals surface area contributed by atoms with E-state index in [1.807, 2.05) is 20.8 Å². The lowest BCUT2D eigenvalue weighted by Crippen LogP contribution is -2.49. The van der Waals surface area contributed by atoms with Gasteiger partial charge in [0.15, 0.2) is 0 Å². The first kappa shape index (κ1) is 15.8. The highest BCUT2D eigenvalue weighted by Gasteiger charge is 2.37. The molecule has 0 radical (unpaired) electrons. The number of Topliss-reactive ketones (excluding diaryl/α,β-unsaturated/α-hetero) is 1. The number of nitrogens with one attached hydrogen (secondary N) is 1. The van der Waals surface area contributed by atoms with Crippen molar-refractivity contribution in [3.05, 3.63) is 0 Å². The number of ether oxygens (including phenoxy) is 1. The number of piperidine rings is 1. The molecule has 2 aliphatic rings. The lowest BCUT2D eigenvalue weighted by molar-refractivity contribution is -0.146. The van der Waals surface area contributed by atoms with Crippen LogP contribution in [0.25, 0.3) is 0 Å². The molecule has 21 heavy (non-hydrogen) atoms. The number of nitrogens with zero attached hydrogens (tertiary/aromatic N) is 1. The van der Waals surface area contributed by atoms with Crippen LogP contribution in [0.15, 0.2) is 0 Å². The van der Waals surface area contributed by atoms with Gasteiger partial charge in [-0.3, -0.25) is 9.59 Å². The smallest absolute Gasteiger partial charge is 0.407 e. The van der Waals surface area contributed by atoms with Gasteiger partial charge in [0.05, 0.1) is 0 Å². The fourth-order valence-electron chi connectivity index (χ4n) is 2.38. The number of ketones is 1. The molecule has 1 N–H and O–H groups in total. The molecule has 1 heterocycles. The van der Waals surface area contributed by atoms with Crippen LogP contribution in [0, 0.1) is 5.92 Å². The second kappa shape index (κ2) is 6.03. The maximum absolute atomic E-state index is 12.0. The van der Waals surface area contributed by atoms with Crippen LogP contribution in [-0.4, -0.2) is 47.4 Å².